The van der Waals surface area contributed by atoms with Gasteiger partial charge in [0.25, 0.3) is 0 Å². The van der Waals surface area contributed by atoms with Crippen LogP contribution in [0, 0.1) is 0 Å². The lowest BCUT2D eigenvalue weighted by molar-refractivity contribution is 1.05. The quantitative estimate of drug-likeness (QED) is 0.652. The minimum absolute atomic E-state index is 0.0227. The summed E-state index contributed by atoms with van der Waals surface area (Å²) in [5.41, 5.74) is 0.669. The topological polar surface area (TPSA) is 50.7 Å². The maximum atomic E-state index is 5.95. The van der Waals surface area contributed by atoms with Gasteiger partial charge in [0.05, 0.1) is 20.1 Å². The van der Waals surface area contributed by atoms with E-state index in [-0.39, 0.29) is 16.5 Å². The Bertz CT molecular complexity index is 509. The van der Waals surface area contributed by atoms with Crippen molar-refractivity contribution in [1.82, 2.24) is 15.0 Å². The number of halogens is 3. The monoisotopic (exact) mass is 338 g/mol. The molecule has 0 atom stereocenters. The summed E-state index contributed by atoms with van der Waals surface area (Å²) >= 11 is 20.9. The summed E-state index contributed by atoms with van der Waals surface area (Å²) in [5, 5.41) is 3.49. The molecule has 1 aromatic heterocycles. The molecule has 0 bridgehead atoms. The molecule has 0 saturated carbocycles. The Morgan fingerprint density at radius 2 is 1.50 bits per heavy atom. The van der Waals surface area contributed by atoms with Gasteiger partial charge in [-0.3, -0.25) is 0 Å². The van der Waals surface area contributed by atoms with Crippen LogP contribution in [0.3, 0.4) is 0 Å². The number of aromatic nitrogens is 3. The lowest BCUT2D eigenvalue weighted by Crippen LogP contribution is -1.99. The van der Waals surface area contributed by atoms with E-state index in [1.807, 2.05) is 12.1 Å². The van der Waals surface area contributed by atoms with Crippen LogP contribution in [0.5, 0.6) is 0 Å². The zero-order valence-corrected chi connectivity index (χ0v) is 14.4. The van der Waals surface area contributed by atoms with E-state index in [0.29, 0.717) is 10.7 Å². The smallest absolute Gasteiger partial charge is 0.232 e. The molecule has 2 rings (SSSR count). The summed E-state index contributed by atoms with van der Waals surface area (Å²) in [4.78, 5) is 11.4. The maximum absolute atomic E-state index is 5.95. The summed E-state index contributed by atoms with van der Waals surface area (Å²) in [6.07, 6.45) is 0. The lowest BCUT2D eigenvalue weighted by Gasteiger charge is -2.06. The first-order valence-corrected chi connectivity index (χ1v) is 9.39. The molecule has 0 spiro atoms. The molecule has 1 N–H and O–H groups in total. The van der Waals surface area contributed by atoms with Crippen molar-refractivity contribution in [2.45, 2.75) is 0 Å². The van der Waals surface area contributed by atoms with Gasteiger partial charge >= 0.3 is 0 Å². The summed E-state index contributed by atoms with van der Waals surface area (Å²) < 4.78 is 0. The van der Waals surface area contributed by atoms with Gasteiger partial charge in [-0.2, -0.15) is 15.0 Å². The Labute approximate surface area is 128 Å². The lowest BCUT2D eigenvalue weighted by atomic mass is 10.3. The molecule has 18 heavy (non-hydrogen) atoms. The molecule has 0 fully saturated rings. The average molecular weight is 340 g/mol. The van der Waals surface area contributed by atoms with Gasteiger partial charge in [0.15, 0.2) is 0 Å². The van der Waals surface area contributed by atoms with Gasteiger partial charge in [0, 0.05) is 0 Å². The molecule has 0 aliphatic heterocycles. The number of para-hydroxylation sites is 1. The van der Waals surface area contributed by atoms with Crippen molar-refractivity contribution in [3.63, 3.8) is 0 Å². The fraction of sp³-hybridized carbons (Fsp3) is 0. The van der Waals surface area contributed by atoms with Crippen LogP contribution >= 0.6 is 46.9 Å². The molecule has 4 nitrogen and oxygen atoms in total. The zero-order valence-electron chi connectivity index (χ0n) is 9.23. The number of hydrogen-bond acceptors (Lipinski definition) is 5. The van der Waals surface area contributed by atoms with Crippen LogP contribution in [-0.2, 0) is 0 Å². The summed E-state index contributed by atoms with van der Waals surface area (Å²) in [6.45, 7) is 0. The van der Waals surface area contributed by atoms with Crippen molar-refractivity contribution in [3.8, 4) is 0 Å². The SMILES string of the molecule is Clc1nc(Cl)nc(Nc2ccccc2Cl)n1.[SiH3]S. The van der Waals surface area contributed by atoms with Crippen LogP contribution in [0.15, 0.2) is 24.3 Å². The van der Waals surface area contributed by atoms with Gasteiger partial charge in [0.1, 0.15) is 0 Å². The van der Waals surface area contributed by atoms with Gasteiger partial charge in [0.2, 0.25) is 16.5 Å². The molecule has 1 aromatic carbocycles. The van der Waals surface area contributed by atoms with Gasteiger partial charge in [-0.1, -0.05) is 23.7 Å². The molecule has 0 amide bonds. The number of benzene rings is 1. The molecule has 1 heterocycles. The van der Waals surface area contributed by atoms with E-state index in [2.05, 4.69) is 32.3 Å². The molecule has 0 saturated heterocycles. The van der Waals surface area contributed by atoms with Gasteiger partial charge < -0.3 is 5.32 Å². The molecule has 9 heteroatoms. The van der Waals surface area contributed by atoms with Crippen molar-refractivity contribution in [2.75, 3.05) is 5.32 Å². The Morgan fingerprint density at radius 1 is 0.944 bits per heavy atom. The predicted molar refractivity (Wildman–Crippen MR) is 83.5 cm³/mol. The van der Waals surface area contributed by atoms with E-state index in [9.17, 15) is 0 Å². The minimum atomic E-state index is 0.0227. The second-order valence-electron chi connectivity index (χ2n) is 2.80. The molecule has 2 aromatic rings. The Balaban J connectivity index is 0.000000771. The molecular weight excluding hydrogens is 331 g/mol. The van der Waals surface area contributed by atoms with Crippen LogP contribution in [0.2, 0.25) is 15.6 Å². The van der Waals surface area contributed by atoms with Crippen molar-refractivity contribution in [3.05, 3.63) is 39.9 Å². The minimum Gasteiger partial charge on any atom is -0.323 e. The third-order valence-electron chi connectivity index (χ3n) is 1.70. The van der Waals surface area contributed by atoms with E-state index >= 15 is 0 Å². The molecule has 0 aliphatic rings. The van der Waals surface area contributed by atoms with Crippen molar-refractivity contribution in [2.24, 2.45) is 0 Å². The zero-order chi connectivity index (χ0) is 13.5. The van der Waals surface area contributed by atoms with E-state index < -0.39 is 0 Å². The molecule has 0 aliphatic carbocycles. The fourth-order valence-corrected chi connectivity index (χ4v) is 1.61. The Hall–Kier alpha value is -0.533. The van der Waals surface area contributed by atoms with Gasteiger partial charge in [-0.25, -0.2) is 12.1 Å². The molecule has 96 valence electrons. The van der Waals surface area contributed by atoms with Crippen LogP contribution in [0.25, 0.3) is 0 Å². The average Bonchev–Trinajstić information content (AvgIpc) is 2.33. The summed E-state index contributed by atoms with van der Waals surface area (Å²) in [6, 6.07) is 7.18. The van der Waals surface area contributed by atoms with Crippen LogP contribution in [0.4, 0.5) is 11.6 Å². The number of thiol groups is 1. The summed E-state index contributed by atoms with van der Waals surface area (Å²) in [5.74, 6) is 0.248. The Kier molecular flexibility index (Phi) is 6.73. The highest BCUT2D eigenvalue weighted by atomic mass is 35.5. The molecule has 0 radical (unpaired) electrons. The summed E-state index contributed by atoms with van der Waals surface area (Å²) in [7, 11) is 1.00. The van der Waals surface area contributed by atoms with Crippen LogP contribution < -0.4 is 5.32 Å². The number of rotatable bonds is 2. The van der Waals surface area contributed by atoms with Gasteiger partial charge in [-0.05, 0) is 35.3 Å². The first kappa shape index (κ1) is 15.5. The number of anilines is 2. The third-order valence-corrected chi connectivity index (χ3v) is 2.37. The van der Waals surface area contributed by atoms with Crippen LogP contribution in [-0.4, -0.2) is 24.3 Å². The highest BCUT2D eigenvalue weighted by Gasteiger charge is 2.05. The van der Waals surface area contributed by atoms with E-state index in [1.54, 1.807) is 12.1 Å². The largest absolute Gasteiger partial charge is 0.323 e. The second kappa shape index (κ2) is 7.80. The first-order valence-electron chi connectivity index (χ1n) is 4.68. The van der Waals surface area contributed by atoms with E-state index in [4.69, 9.17) is 34.8 Å². The van der Waals surface area contributed by atoms with Crippen molar-refractivity contribution in [1.29, 1.82) is 0 Å². The maximum Gasteiger partial charge on any atom is 0.232 e. The standard InChI is InChI=1S/C9H5Cl3N4.H4SSi/c10-5-3-1-2-4-6(5)13-9-15-7(11)14-8(12)16-9;1-2/h1-4H,(H,13,14,15,16);1H,2H3. The number of nitrogens with one attached hydrogen (secondary N) is 1. The second-order valence-corrected chi connectivity index (χ2v) is 3.89. The number of nitrogens with zero attached hydrogens (tertiary/aromatic N) is 3. The van der Waals surface area contributed by atoms with Crippen molar-refractivity contribution >= 4 is 67.9 Å². The number of hydrogen-bond donors (Lipinski definition) is 2. The van der Waals surface area contributed by atoms with Crippen LogP contribution in [0.1, 0.15) is 0 Å². The normalized spacial score (nSPS) is 9.56. The third kappa shape index (κ3) is 4.62. The van der Waals surface area contributed by atoms with Crippen molar-refractivity contribution < 1.29 is 0 Å². The predicted octanol–water partition coefficient (Wildman–Crippen LogP) is 2.77. The highest BCUT2D eigenvalue weighted by Crippen LogP contribution is 2.23. The Morgan fingerprint density at radius 3 is 2.06 bits per heavy atom. The van der Waals surface area contributed by atoms with E-state index in [1.165, 1.54) is 0 Å². The molecular formula is C9H9Cl3N4SSi. The first-order chi connectivity index (χ1) is 8.65. The molecule has 0 unspecified atom stereocenters. The van der Waals surface area contributed by atoms with E-state index in [0.717, 1.165) is 9.39 Å². The van der Waals surface area contributed by atoms with Gasteiger partial charge in [-0.15, -0.1) is 0 Å². The fourth-order valence-electron chi connectivity index (χ4n) is 1.06. The highest BCUT2D eigenvalue weighted by molar-refractivity contribution is 8.03.